The SMILES string of the molecule is CCC(CO[Si](C)(C)C(C)(C)C)N1C(=O)C(CC(=O)OC)OC(c2cccc(Cl)c2)C1c1ccc(Cl)cc1. The van der Waals surface area contributed by atoms with Crippen molar-refractivity contribution in [1.82, 2.24) is 4.90 Å². The summed E-state index contributed by atoms with van der Waals surface area (Å²) in [4.78, 5) is 28.2. The van der Waals surface area contributed by atoms with Gasteiger partial charge in [0.25, 0.3) is 5.91 Å². The van der Waals surface area contributed by atoms with E-state index < -0.39 is 32.5 Å². The zero-order valence-electron chi connectivity index (χ0n) is 23.3. The van der Waals surface area contributed by atoms with E-state index in [1.54, 1.807) is 6.07 Å². The van der Waals surface area contributed by atoms with Crippen molar-refractivity contribution in [3.05, 3.63) is 69.7 Å². The minimum Gasteiger partial charge on any atom is -0.469 e. The molecule has 0 spiro atoms. The average molecular weight is 581 g/mol. The number of amides is 1. The van der Waals surface area contributed by atoms with Gasteiger partial charge in [-0.15, -0.1) is 0 Å². The van der Waals surface area contributed by atoms with Gasteiger partial charge in [-0.3, -0.25) is 9.59 Å². The number of benzene rings is 2. The predicted molar refractivity (Wildman–Crippen MR) is 154 cm³/mol. The molecule has 208 valence electrons. The fourth-order valence-corrected chi connectivity index (χ4v) is 5.76. The van der Waals surface area contributed by atoms with Crippen molar-refractivity contribution in [3.8, 4) is 0 Å². The van der Waals surface area contributed by atoms with Gasteiger partial charge in [0.1, 0.15) is 12.2 Å². The number of hydrogen-bond acceptors (Lipinski definition) is 5. The molecule has 0 radical (unpaired) electrons. The van der Waals surface area contributed by atoms with Crippen molar-refractivity contribution in [2.24, 2.45) is 0 Å². The first-order valence-electron chi connectivity index (χ1n) is 13.0. The third-order valence-electron chi connectivity index (χ3n) is 7.70. The van der Waals surface area contributed by atoms with Crippen LogP contribution in [-0.2, 0) is 23.5 Å². The first-order valence-corrected chi connectivity index (χ1v) is 16.6. The number of methoxy groups -OCH3 is 1. The smallest absolute Gasteiger partial charge is 0.308 e. The Bertz CT molecular complexity index is 1120. The van der Waals surface area contributed by atoms with Gasteiger partial charge in [-0.1, -0.05) is 75.2 Å². The molecule has 38 heavy (non-hydrogen) atoms. The molecule has 6 nitrogen and oxygen atoms in total. The fraction of sp³-hybridized carbons (Fsp3) is 0.517. The minimum atomic E-state index is -2.09. The number of esters is 1. The number of rotatable bonds is 9. The summed E-state index contributed by atoms with van der Waals surface area (Å²) in [6.45, 7) is 13.4. The van der Waals surface area contributed by atoms with E-state index in [9.17, 15) is 9.59 Å². The summed E-state index contributed by atoms with van der Waals surface area (Å²) >= 11 is 12.6. The molecule has 2 aromatic rings. The molecule has 1 saturated heterocycles. The van der Waals surface area contributed by atoms with Gasteiger partial charge >= 0.3 is 5.97 Å². The van der Waals surface area contributed by atoms with Crippen LogP contribution in [0.15, 0.2) is 48.5 Å². The van der Waals surface area contributed by atoms with Gasteiger partial charge in [0.2, 0.25) is 0 Å². The van der Waals surface area contributed by atoms with Crippen molar-refractivity contribution < 1.29 is 23.5 Å². The summed E-state index contributed by atoms with van der Waals surface area (Å²) < 4.78 is 17.9. The largest absolute Gasteiger partial charge is 0.469 e. The highest BCUT2D eigenvalue weighted by Crippen LogP contribution is 2.45. The van der Waals surface area contributed by atoms with Crippen molar-refractivity contribution in [1.29, 1.82) is 0 Å². The standard InChI is InChI=1S/C29H39Cl2NO5Si/c1-8-23(18-36-38(6,7)29(2,3)4)32-26(19-12-14-21(30)15-13-19)27(20-10-9-11-22(31)16-20)37-24(28(32)34)17-25(33)35-5/h9-16,23-24,26-27H,8,17-18H2,1-7H3. The van der Waals surface area contributed by atoms with Crippen LogP contribution < -0.4 is 0 Å². The maximum Gasteiger partial charge on any atom is 0.308 e. The van der Waals surface area contributed by atoms with E-state index in [-0.39, 0.29) is 23.4 Å². The number of carbonyl (C=O) groups is 2. The second-order valence-corrected chi connectivity index (χ2v) is 16.9. The zero-order chi connectivity index (χ0) is 28.3. The molecule has 1 aliphatic rings. The highest BCUT2D eigenvalue weighted by atomic mass is 35.5. The van der Waals surface area contributed by atoms with Gasteiger partial charge in [0, 0.05) is 10.0 Å². The summed E-state index contributed by atoms with van der Waals surface area (Å²) in [5.41, 5.74) is 1.68. The number of ether oxygens (including phenoxy) is 2. The Hall–Kier alpha value is -1.90. The fourth-order valence-electron chi connectivity index (χ4n) is 4.39. The van der Waals surface area contributed by atoms with Gasteiger partial charge in [-0.05, 0) is 59.9 Å². The molecule has 1 aliphatic heterocycles. The Kier molecular flexibility index (Phi) is 10.1. The van der Waals surface area contributed by atoms with Gasteiger partial charge < -0.3 is 18.8 Å². The normalized spacial score (nSPS) is 21.3. The molecular weight excluding hydrogens is 541 g/mol. The lowest BCUT2D eigenvalue weighted by Gasteiger charge is -2.48. The highest BCUT2D eigenvalue weighted by Gasteiger charge is 2.48. The van der Waals surface area contributed by atoms with E-state index >= 15 is 0 Å². The van der Waals surface area contributed by atoms with Gasteiger partial charge in [-0.25, -0.2) is 0 Å². The van der Waals surface area contributed by atoms with E-state index in [0.29, 0.717) is 23.1 Å². The van der Waals surface area contributed by atoms with E-state index in [0.717, 1.165) is 11.1 Å². The molecule has 0 saturated carbocycles. The van der Waals surface area contributed by atoms with Crippen LogP contribution in [0.25, 0.3) is 0 Å². The Balaban J connectivity index is 2.13. The minimum absolute atomic E-state index is 0.0205. The number of halogens is 2. The van der Waals surface area contributed by atoms with Crippen LogP contribution in [0.1, 0.15) is 63.8 Å². The van der Waals surface area contributed by atoms with Crippen molar-refractivity contribution >= 4 is 43.4 Å². The summed E-state index contributed by atoms with van der Waals surface area (Å²) in [5, 5.41) is 1.17. The molecule has 0 bridgehead atoms. The topological polar surface area (TPSA) is 65.1 Å². The molecule has 1 fully saturated rings. The summed E-state index contributed by atoms with van der Waals surface area (Å²) in [5.74, 6) is -0.775. The van der Waals surface area contributed by atoms with E-state index in [1.807, 2.05) is 54.3 Å². The molecule has 1 amide bonds. The van der Waals surface area contributed by atoms with Crippen LogP contribution in [0, 0.1) is 0 Å². The van der Waals surface area contributed by atoms with E-state index in [2.05, 4.69) is 33.9 Å². The Morgan fingerprint density at radius 2 is 1.74 bits per heavy atom. The Labute approximate surface area is 237 Å². The summed E-state index contributed by atoms with van der Waals surface area (Å²) in [6.07, 6.45) is -1.10. The molecular formula is C29H39Cl2NO5Si. The van der Waals surface area contributed by atoms with Crippen LogP contribution in [0.2, 0.25) is 28.2 Å². The molecule has 3 rings (SSSR count). The number of nitrogens with zero attached hydrogens (tertiary/aromatic N) is 1. The Morgan fingerprint density at radius 3 is 2.29 bits per heavy atom. The number of hydrogen-bond donors (Lipinski definition) is 0. The third-order valence-corrected chi connectivity index (χ3v) is 12.7. The molecule has 0 N–H and O–H groups in total. The first kappa shape index (κ1) is 30.6. The maximum absolute atomic E-state index is 14.1. The lowest BCUT2D eigenvalue weighted by atomic mass is 9.89. The molecule has 0 aromatic heterocycles. The maximum atomic E-state index is 14.1. The third kappa shape index (κ3) is 6.99. The van der Waals surface area contributed by atoms with Crippen molar-refractivity contribution in [2.75, 3.05) is 13.7 Å². The van der Waals surface area contributed by atoms with Crippen LogP contribution in [0.5, 0.6) is 0 Å². The van der Waals surface area contributed by atoms with Crippen molar-refractivity contribution in [2.45, 2.75) is 83.0 Å². The van der Waals surface area contributed by atoms with Crippen LogP contribution >= 0.6 is 23.2 Å². The lowest BCUT2D eigenvalue weighted by molar-refractivity contribution is -0.185. The Morgan fingerprint density at radius 1 is 1.08 bits per heavy atom. The van der Waals surface area contributed by atoms with Gasteiger partial charge in [0.15, 0.2) is 8.32 Å². The van der Waals surface area contributed by atoms with Crippen molar-refractivity contribution in [3.63, 3.8) is 0 Å². The summed E-state index contributed by atoms with van der Waals surface area (Å²) in [6, 6.07) is 14.1. The lowest BCUT2D eigenvalue weighted by Crippen LogP contribution is -2.57. The van der Waals surface area contributed by atoms with Gasteiger partial charge in [-0.2, -0.15) is 0 Å². The van der Waals surface area contributed by atoms with E-state index in [4.69, 9.17) is 37.1 Å². The molecule has 4 atom stereocenters. The predicted octanol–water partition coefficient (Wildman–Crippen LogP) is 7.37. The molecule has 2 aromatic carbocycles. The molecule has 9 heteroatoms. The molecule has 4 unspecified atom stereocenters. The van der Waals surface area contributed by atoms with Crippen LogP contribution in [0.4, 0.5) is 0 Å². The van der Waals surface area contributed by atoms with E-state index in [1.165, 1.54) is 7.11 Å². The molecule has 1 heterocycles. The number of carbonyl (C=O) groups excluding carboxylic acids is 2. The van der Waals surface area contributed by atoms with Crippen LogP contribution in [0.3, 0.4) is 0 Å². The second-order valence-electron chi connectivity index (χ2n) is 11.3. The summed E-state index contributed by atoms with van der Waals surface area (Å²) in [7, 11) is -0.788. The molecule has 0 aliphatic carbocycles. The second kappa shape index (κ2) is 12.5. The average Bonchev–Trinajstić information content (AvgIpc) is 2.85. The quantitative estimate of drug-likeness (QED) is 0.229. The zero-order valence-corrected chi connectivity index (χ0v) is 25.8. The number of morpholine rings is 1. The van der Waals surface area contributed by atoms with Gasteiger partial charge in [0.05, 0.1) is 32.2 Å². The first-order chi connectivity index (χ1) is 17.8. The highest BCUT2D eigenvalue weighted by molar-refractivity contribution is 6.74. The monoisotopic (exact) mass is 579 g/mol. The van der Waals surface area contributed by atoms with Crippen LogP contribution in [-0.4, -0.2) is 51.0 Å².